The zero-order valence-corrected chi connectivity index (χ0v) is 10.3. The Labute approximate surface area is 102 Å². The molecule has 0 radical (unpaired) electrons. The predicted molar refractivity (Wildman–Crippen MR) is 67.2 cm³/mol. The molecule has 0 atom stereocenters. The molecule has 0 unspecified atom stereocenters. The Bertz CT molecular complexity index is 497. The minimum absolute atomic E-state index is 0.753. The number of aromatic nitrogens is 1. The van der Waals surface area contributed by atoms with E-state index in [1.807, 2.05) is 19.1 Å². The van der Waals surface area contributed by atoms with Gasteiger partial charge in [-0.1, -0.05) is 0 Å². The predicted octanol–water partition coefficient (Wildman–Crippen LogP) is 2.17. The van der Waals surface area contributed by atoms with E-state index in [4.69, 9.17) is 9.47 Å². The molecule has 0 aliphatic carbocycles. The summed E-state index contributed by atoms with van der Waals surface area (Å²) in [6.07, 6.45) is 4.20. The minimum atomic E-state index is 0.753. The lowest BCUT2D eigenvalue weighted by atomic mass is 10.2. The Balaban J connectivity index is 2.19. The molecule has 0 saturated heterocycles. The van der Waals surface area contributed by atoms with Gasteiger partial charge in [0.2, 0.25) is 0 Å². The topological polar surface area (TPSA) is 22.3 Å². The van der Waals surface area contributed by atoms with Crippen LogP contribution in [0.3, 0.4) is 0 Å². The van der Waals surface area contributed by atoms with Crippen molar-refractivity contribution in [3.8, 4) is 5.75 Å². The Morgan fingerprint density at radius 1 is 1.18 bits per heavy atom. The third-order valence-corrected chi connectivity index (χ3v) is 2.74. The summed E-state index contributed by atoms with van der Waals surface area (Å²) in [4.78, 5) is 0. The molecule has 0 amide bonds. The number of ether oxygens (including phenoxy) is 2. The summed E-state index contributed by atoms with van der Waals surface area (Å²) in [5, 5.41) is 2.40. The highest BCUT2D eigenvalue weighted by Crippen LogP contribution is 2.18. The van der Waals surface area contributed by atoms with Gasteiger partial charge in [0.15, 0.2) is 18.9 Å². The SMILES string of the molecule is CCOCC[n+]1ccc2cc(OC)ccc2c1. The number of methoxy groups -OCH3 is 1. The first-order valence-corrected chi connectivity index (χ1v) is 5.88. The number of hydrogen-bond donors (Lipinski definition) is 0. The van der Waals surface area contributed by atoms with Gasteiger partial charge in [0.1, 0.15) is 12.4 Å². The third-order valence-electron chi connectivity index (χ3n) is 2.74. The molecular formula is C14H18NO2+. The second-order valence-corrected chi connectivity index (χ2v) is 3.87. The first-order chi connectivity index (χ1) is 8.33. The molecule has 0 aliphatic heterocycles. The van der Waals surface area contributed by atoms with Crippen molar-refractivity contribution in [1.82, 2.24) is 0 Å². The van der Waals surface area contributed by atoms with Crippen LogP contribution in [0.15, 0.2) is 36.7 Å². The number of pyridine rings is 1. The van der Waals surface area contributed by atoms with Crippen LogP contribution in [0, 0.1) is 0 Å². The highest BCUT2D eigenvalue weighted by atomic mass is 16.5. The van der Waals surface area contributed by atoms with Crippen molar-refractivity contribution in [1.29, 1.82) is 0 Å². The van der Waals surface area contributed by atoms with E-state index in [1.165, 1.54) is 10.8 Å². The average Bonchev–Trinajstić information content (AvgIpc) is 2.38. The molecule has 3 heteroatoms. The minimum Gasteiger partial charge on any atom is -0.497 e. The van der Waals surface area contributed by atoms with Crippen LogP contribution >= 0.6 is 0 Å². The van der Waals surface area contributed by atoms with Gasteiger partial charge in [-0.15, -0.1) is 0 Å². The highest BCUT2D eigenvalue weighted by molar-refractivity contribution is 5.82. The standard InChI is InChI=1S/C14H18NO2/c1-3-17-9-8-15-7-6-12-10-14(16-2)5-4-13(12)11-15/h4-7,10-11H,3,8-9H2,1-2H3/q+1. The summed E-state index contributed by atoms with van der Waals surface area (Å²) in [6.45, 7) is 4.42. The smallest absolute Gasteiger partial charge is 0.176 e. The van der Waals surface area contributed by atoms with Gasteiger partial charge in [0.25, 0.3) is 0 Å². The fourth-order valence-electron chi connectivity index (χ4n) is 1.79. The van der Waals surface area contributed by atoms with Crippen LogP contribution in [-0.2, 0) is 11.3 Å². The summed E-state index contributed by atoms with van der Waals surface area (Å²) >= 11 is 0. The Kier molecular flexibility index (Phi) is 3.94. The fraction of sp³-hybridized carbons (Fsp3) is 0.357. The van der Waals surface area contributed by atoms with Gasteiger partial charge in [-0.25, -0.2) is 4.57 Å². The monoisotopic (exact) mass is 232 g/mol. The van der Waals surface area contributed by atoms with Crippen molar-refractivity contribution in [2.24, 2.45) is 0 Å². The Morgan fingerprint density at radius 2 is 2.06 bits per heavy atom. The summed E-state index contributed by atoms with van der Waals surface area (Å²) in [5.41, 5.74) is 0. The molecule has 1 aromatic carbocycles. The normalized spacial score (nSPS) is 10.7. The molecule has 0 fully saturated rings. The number of nitrogens with zero attached hydrogens (tertiary/aromatic N) is 1. The lowest BCUT2D eigenvalue weighted by Crippen LogP contribution is -2.35. The van der Waals surface area contributed by atoms with Crippen LogP contribution < -0.4 is 9.30 Å². The zero-order chi connectivity index (χ0) is 12.1. The molecule has 1 heterocycles. The van der Waals surface area contributed by atoms with Crippen molar-refractivity contribution in [3.63, 3.8) is 0 Å². The van der Waals surface area contributed by atoms with Crippen LogP contribution in [0.5, 0.6) is 5.75 Å². The van der Waals surface area contributed by atoms with Gasteiger partial charge in [-0.05, 0) is 30.5 Å². The molecule has 90 valence electrons. The summed E-state index contributed by atoms with van der Waals surface area (Å²) in [5.74, 6) is 0.893. The van der Waals surface area contributed by atoms with E-state index in [-0.39, 0.29) is 0 Å². The van der Waals surface area contributed by atoms with Crippen LogP contribution in [0.1, 0.15) is 6.92 Å². The first kappa shape index (κ1) is 11.9. The molecular weight excluding hydrogens is 214 g/mol. The van der Waals surface area contributed by atoms with E-state index < -0.39 is 0 Å². The van der Waals surface area contributed by atoms with E-state index in [0.29, 0.717) is 0 Å². The van der Waals surface area contributed by atoms with Crippen LogP contribution in [-0.4, -0.2) is 20.3 Å². The highest BCUT2D eigenvalue weighted by Gasteiger charge is 2.03. The molecule has 2 aromatic rings. The van der Waals surface area contributed by atoms with E-state index in [1.54, 1.807) is 7.11 Å². The van der Waals surface area contributed by atoms with Crippen LogP contribution in [0.2, 0.25) is 0 Å². The van der Waals surface area contributed by atoms with E-state index >= 15 is 0 Å². The second-order valence-electron chi connectivity index (χ2n) is 3.87. The zero-order valence-electron chi connectivity index (χ0n) is 10.3. The molecule has 0 N–H and O–H groups in total. The maximum Gasteiger partial charge on any atom is 0.176 e. The van der Waals surface area contributed by atoms with Crippen LogP contribution in [0.4, 0.5) is 0 Å². The largest absolute Gasteiger partial charge is 0.497 e. The molecule has 0 saturated carbocycles. The Morgan fingerprint density at radius 3 is 2.82 bits per heavy atom. The number of fused-ring (bicyclic) bond motifs is 1. The molecule has 0 spiro atoms. The molecule has 0 aliphatic rings. The lowest BCUT2D eigenvalue weighted by Gasteiger charge is -2.02. The maximum atomic E-state index is 5.35. The average molecular weight is 232 g/mol. The number of rotatable bonds is 5. The molecule has 17 heavy (non-hydrogen) atoms. The molecule has 2 rings (SSSR count). The number of benzene rings is 1. The summed E-state index contributed by atoms with van der Waals surface area (Å²) in [7, 11) is 1.69. The summed E-state index contributed by atoms with van der Waals surface area (Å²) in [6, 6.07) is 8.20. The van der Waals surface area contributed by atoms with E-state index in [9.17, 15) is 0 Å². The van der Waals surface area contributed by atoms with Gasteiger partial charge >= 0.3 is 0 Å². The third kappa shape index (κ3) is 2.94. The van der Waals surface area contributed by atoms with Gasteiger partial charge in [-0.2, -0.15) is 0 Å². The second kappa shape index (κ2) is 5.64. The van der Waals surface area contributed by atoms with Crippen LogP contribution in [0.25, 0.3) is 10.8 Å². The Hall–Kier alpha value is -1.61. The lowest BCUT2D eigenvalue weighted by molar-refractivity contribution is -0.697. The van der Waals surface area contributed by atoms with Crippen molar-refractivity contribution >= 4 is 10.8 Å². The van der Waals surface area contributed by atoms with Gasteiger partial charge in [-0.3, -0.25) is 0 Å². The molecule has 1 aromatic heterocycles. The van der Waals surface area contributed by atoms with Crippen molar-refractivity contribution in [2.45, 2.75) is 13.5 Å². The van der Waals surface area contributed by atoms with Gasteiger partial charge in [0.05, 0.1) is 7.11 Å². The van der Waals surface area contributed by atoms with Crippen molar-refractivity contribution < 1.29 is 14.0 Å². The van der Waals surface area contributed by atoms with E-state index in [2.05, 4.69) is 29.1 Å². The van der Waals surface area contributed by atoms with Gasteiger partial charge < -0.3 is 9.47 Å². The molecule has 0 bridgehead atoms. The molecule has 3 nitrogen and oxygen atoms in total. The maximum absolute atomic E-state index is 5.35. The fourth-order valence-corrected chi connectivity index (χ4v) is 1.79. The quantitative estimate of drug-likeness (QED) is 0.582. The van der Waals surface area contributed by atoms with Crippen molar-refractivity contribution in [3.05, 3.63) is 36.7 Å². The van der Waals surface area contributed by atoms with E-state index in [0.717, 1.165) is 25.5 Å². The first-order valence-electron chi connectivity index (χ1n) is 5.88. The summed E-state index contributed by atoms with van der Waals surface area (Å²) < 4.78 is 12.7. The van der Waals surface area contributed by atoms with Gasteiger partial charge in [0, 0.05) is 18.1 Å². The van der Waals surface area contributed by atoms with Crippen molar-refractivity contribution in [2.75, 3.05) is 20.3 Å². The number of hydrogen-bond acceptors (Lipinski definition) is 2.